The Labute approximate surface area is 114 Å². The van der Waals surface area contributed by atoms with Crippen LogP contribution >= 0.6 is 0 Å². The highest BCUT2D eigenvalue weighted by Crippen LogP contribution is 2.15. The van der Waals surface area contributed by atoms with Crippen LogP contribution in [0.1, 0.15) is 18.1 Å². The summed E-state index contributed by atoms with van der Waals surface area (Å²) in [6, 6.07) is 15.9. The number of hydrogen-bond donors (Lipinski definition) is 1. The zero-order valence-electron chi connectivity index (χ0n) is 11.0. The molecule has 19 heavy (non-hydrogen) atoms. The monoisotopic (exact) mass is 251 g/mol. The molecule has 0 saturated heterocycles. The van der Waals surface area contributed by atoms with Crippen LogP contribution in [0.2, 0.25) is 0 Å². The first-order valence-corrected chi connectivity index (χ1v) is 6.34. The Bertz CT molecular complexity index is 584. The molecule has 0 aliphatic heterocycles. The fraction of sp³-hybridized carbons (Fsp3) is 0.176. The minimum atomic E-state index is 0.682. The van der Waals surface area contributed by atoms with Gasteiger partial charge in [0.2, 0.25) is 0 Å². The number of nitrogens with one attached hydrogen (secondary N) is 1. The molecule has 2 aromatic rings. The Morgan fingerprint density at radius 3 is 2.79 bits per heavy atom. The zero-order chi connectivity index (χ0) is 13.5. The molecule has 2 aromatic carbocycles. The Morgan fingerprint density at radius 1 is 1.16 bits per heavy atom. The maximum Gasteiger partial charge on any atom is 0.119 e. The second-order valence-corrected chi connectivity index (χ2v) is 4.16. The van der Waals surface area contributed by atoms with Crippen molar-refractivity contribution in [1.82, 2.24) is 0 Å². The minimum absolute atomic E-state index is 0.682. The Kier molecular flexibility index (Phi) is 4.47. The average Bonchev–Trinajstić information content (AvgIpc) is 2.46. The topological polar surface area (TPSA) is 21.3 Å². The van der Waals surface area contributed by atoms with Crippen molar-refractivity contribution >= 4 is 5.69 Å². The molecule has 0 spiro atoms. The van der Waals surface area contributed by atoms with Gasteiger partial charge in [-0.3, -0.25) is 0 Å². The number of rotatable bonds is 5. The molecule has 96 valence electrons. The van der Waals surface area contributed by atoms with Crippen LogP contribution in [-0.2, 0) is 6.54 Å². The first kappa shape index (κ1) is 13.0. The lowest BCUT2D eigenvalue weighted by Gasteiger charge is -2.09. The third-order valence-electron chi connectivity index (χ3n) is 2.74. The highest BCUT2D eigenvalue weighted by molar-refractivity contribution is 5.50. The first-order valence-electron chi connectivity index (χ1n) is 6.34. The third-order valence-corrected chi connectivity index (χ3v) is 2.74. The molecule has 0 aliphatic carbocycles. The van der Waals surface area contributed by atoms with Crippen LogP contribution in [0.15, 0.2) is 48.5 Å². The van der Waals surface area contributed by atoms with E-state index in [0.29, 0.717) is 6.61 Å². The van der Waals surface area contributed by atoms with Gasteiger partial charge in [0, 0.05) is 17.8 Å². The molecule has 0 aromatic heterocycles. The van der Waals surface area contributed by atoms with Crippen molar-refractivity contribution in [1.29, 1.82) is 0 Å². The Hall–Kier alpha value is -2.40. The van der Waals surface area contributed by atoms with Crippen LogP contribution in [0.4, 0.5) is 5.69 Å². The van der Waals surface area contributed by atoms with Crippen molar-refractivity contribution in [3.05, 3.63) is 59.7 Å². The molecule has 0 fully saturated rings. The molecule has 2 nitrogen and oxygen atoms in total. The average molecular weight is 251 g/mol. The minimum Gasteiger partial charge on any atom is -0.494 e. The van der Waals surface area contributed by atoms with Gasteiger partial charge in [0.25, 0.3) is 0 Å². The van der Waals surface area contributed by atoms with Gasteiger partial charge in [0.05, 0.1) is 6.61 Å². The summed E-state index contributed by atoms with van der Waals surface area (Å²) in [4.78, 5) is 0. The third kappa shape index (κ3) is 3.79. The van der Waals surface area contributed by atoms with E-state index in [1.54, 1.807) is 0 Å². The van der Waals surface area contributed by atoms with E-state index in [-0.39, 0.29) is 0 Å². The maximum atomic E-state index is 5.48. The van der Waals surface area contributed by atoms with E-state index in [2.05, 4.69) is 17.3 Å². The molecule has 0 saturated carbocycles. The van der Waals surface area contributed by atoms with Gasteiger partial charge in [-0.15, -0.1) is 6.42 Å². The van der Waals surface area contributed by atoms with Gasteiger partial charge in [0.1, 0.15) is 5.75 Å². The molecule has 0 bridgehead atoms. The predicted molar refractivity (Wildman–Crippen MR) is 79.3 cm³/mol. The molecule has 1 N–H and O–H groups in total. The molecule has 2 heteroatoms. The second-order valence-electron chi connectivity index (χ2n) is 4.16. The number of terminal acetylenes is 1. The van der Waals surface area contributed by atoms with E-state index in [9.17, 15) is 0 Å². The lowest BCUT2D eigenvalue weighted by molar-refractivity contribution is 0.340. The van der Waals surface area contributed by atoms with Gasteiger partial charge in [-0.25, -0.2) is 0 Å². The van der Waals surface area contributed by atoms with E-state index in [4.69, 9.17) is 11.2 Å². The molecule has 0 aliphatic rings. The van der Waals surface area contributed by atoms with E-state index >= 15 is 0 Å². The van der Waals surface area contributed by atoms with Gasteiger partial charge in [-0.2, -0.15) is 0 Å². The quantitative estimate of drug-likeness (QED) is 0.818. The fourth-order valence-corrected chi connectivity index (χ4v) is 1.83. The summed E-state index contributed by atoms with van der Waals surface area (Å²) in [5, 5.41) is 3.35. The number of hydrogen-bond acceptors (Lipinski definition) is 2. The normalized spacial score (nSPS) is 9.68. The van der Waals surface area contributed by atoms with Crippen molar-refractivity contribution in [2.45, 2.75) is 13.5 Å². The SMILES string of the molecule is C#Cc1cccc(NCc2cccc(OCC)c2)c1. The molecular formula is C17H17NO. The van der Waals surface area contributed by atoms with E-state index in [1.165, 1.54) is 5.56 Å². The number of anilines is 1. The molecule has 0 amide bonds. The van der Waals surface area contributed by atoms with Crippen molar-refractivity contribution in [3.63, 3.8) is 0 Å². The summed E-state index contributed by atoms with van der Waals surface area (Å²) in [5.41, 5.74) is 3.09. The smallest absolute Gasteiger partial charge is 0.119 e. The van der Waals surface area contributed by atoms with Crippen molar-refractivity contribution in [3.8, 4) is 18.1 Å². The van der Waals surface area contributed by atoms with Crippen LogP contribution in [0, 0.1) is 12.3 Å². The largest absolute Gasteiger partial charge is 0.494 e. The molecule has 0 radical (unpaired) electrons. The fourth-order valence-electron chi connectivity index (χ4n) is 1.83. The number of benzene rings is 2. The van der Waals surface area contributed by atoms with Gasteiger partial charge >= 0.3 is 0 Å². The van der Waals surface area contributed by atoms with Crippen LogP contribution in [-0.4, -0.2) is 6.61 Å². The van der Waals surface area contributed by atoms with Gasteiger partial charge in [-0.05, 0) is 42.8 Å². The van der Waals surface area contributed by atoms with Crippen LogP contribution in [0.25, 0.3) is 0 Å². The van der Waals surface area contributed by atoms with Crippen molar-refractivity contribution in [2.75, 3.05) is 11.9 Å². The summed E-state index contributed by atoms with van der Waals surface area (Å²) >= 11 is 0. The molecule has 2 rings (SSSR count). The predicted octanol–water partition coefficient (Wildman–Crippen LogP) is 3.68. The molecule has 0 atom stereocenters. The summed E-state index contributed by atoms with van der Waals surface area (Å²) < 4.78 is 5.48. The standard InChI is InChI=1S/C17H17NO/c1-3-14-7-5-9-16(11-14)18-13-15-8-6-10-17(12-15)19-4-2/h1,5-12,18H,4,13H2,2H3. The molecular weight excluding hydrogens is 234 g/mol. The lowest BCUT2D eigenvalue weighted by Crippen LogP contribution is -2.00. The highest BCUT2D eigenvalue weighted by atomic mass is 16.5. The summed E-state index contributed by atoms with van der Waals surface area (Å²) in [7, 11) is 0. The Balaban J connectivity index is 2.01. The first-order chi connectivity index (χ1) is 9.31. The summed E-state index contributed by atoms with van der Waals surface area (Å²) in [6.45, 7) is 3.41. The Morgan fingerprint density at radius 2 is 2.00 bits per heavy atom. The van der Waals surface area contributed by atoms with Crippen molar-refractivity contribution in [2.24, 2.45) is 0 Å². The van der Waals surface area contributed by atoms with Gasteiger partial charge < -0.3 is 10.1 Å². The second kappa shape index (κ2) is 6.51. The number of ether oxygens (including phenoxy) is 1. The van der Waals surface area contributed by atoms with E-state index < -0.39 is 0 Å². The summed E-state index contributed by atoms with van der Waals surface area (Å²) in [6.07, 6.45) is 5.38. The van der Waals surface area contributed by atoms with Crippen LogP contribution in [0.3, 0.4) is 0 Å². The van der Waals surface area contributed by atoms with Gasteiger partial charge in [-0.1, -0.05) is 24.1 Å². The van der Waals surface area contributed by atoms with E-state index in [0.717, 1.165) is 23.5 Å². The van der Waals surface area contributed by atoms with E-state index in [1.807, 2.05) is 49.4 Å². The molecule has 0 heterocycles. The van der Waals surface area contributed by atoms with Gasteiger partial charge in [0.15, 0.2) is 0 Å². The zero-order valence-corrected chi connectivity index (χ0v) is 11.0. The van der Waals surface area contributed by atoms with Crippen molar-refractivity contribution < 1.29 is 4.74 Å². The summed E-state index contributed by atoms with van der Waals surface area (Å²) in [5.74, 6) is 3.53. The lowest BCUT2D eigenvalue weighted by atomic mass is 10.2. The van der Waals surface area contributed by atoms with Crippen LogP contribution < -0.4 is 10.1 Å². The maximum absolute atomic E-state index is 5.48. The molecule has 0 unspecified atom stereocenters. The van der Waals surface area contributed by atoms with Crippen LogP contribution in [0.5, 0.6) is 5.75 Å². The highest BCUT2D eigenvalue weighted by Gasteiger charge is 1.97.